The summed E-state index contributed by atoms with van der Waals surface area (Å²) in [6, 6.07) is 31.9. The van der Waals surface area contributed by atoms with Gasteiger partial charge in [-0.3, -0.25) is 9.69 Å². The highest BCUT2D eigenvalue weighted by Gasteiger charge is 2.37. The second-order valence-electron chi connectivity index (χ2n) is 8.23. The van der Waals surface area contributed by atoms with Gasteiger partial charge in [0.2, 0.25) is 0 Å². The molecule has 1 saturated heterocycles. The number of fused-ring (bicyclic) bond motifs is 1. The molecule has 0 radical (unpaired) electrons. The number of rotatable bonds is 6. The normalized spacial score (nSPS) is 16.9. The maximum absolute atomic E-state index is 13.8. The first kappa shape index (κ1) is 22.9. The van der Waals surface area contributed by atoms with Gasteiger partial charge < -0.3 is 4.74 Å². The Labute approximate surface area is 210 Å². The number of nitrogens with zero attached hydrogens (tertiary/aromatic N) is 2. The zero-order valence-corrected chi connectivity index (χ0v) is 20.5. The van der Waals surface area contributed by atoms with Gasteiger partial charge in [-0.1, -0.05) is 78.9 Å². The molecule has 1 amide bonds. The second kappa shape index (κ2) is 10.2. The zero-order chi connectivity index (χ0) is 24.2. The number of amides is 1. The van der Waals surface area contributed by atoms with E-state index in [9.17, 15) is 4.79 Å². The van der Waals surface area contributed by atoms with E-state index in [-0.39, 0.29) is 11.9 Å². The summed E-state index contributed by atoms with van der Waals surface area (Å²) in [7, 11) is 0. The molecule has 0 N–H and O–H groups in total. The van der Waals surface area contributed by atoms with Crippen molar-refractivity contribution in [3.63, 3.8) is 0 Å². The lowest BCUT2D eigenvalue weighted by atomic mass is 10.0. The first-order valence-electron chi connectivity index (χ1n) is 11.7. The smallest absolute Gasteiger partial charge is 0.267 e. The first-order valence-corrected chi connectivity index (χ1v) is 12.5. The molecule has 174 valence electrons. The summed E-state index contributed by atoms with van der Waals surface area (Å²) >= 11 is 1.41. The molecule has 5 rings (SSSR count). The third kappa shape index (κ3) is 4.73. The molecule has 1 fully saturated rings. The van der Waals surface area contributed by atoms with Crippen LogP contribution in [-0.4, -0.2) is 22.6 Å². The number of hydrogen-bond donors (Lipinski definition) is 0. The summed E-state index contributed by atoms with van der Waals surface area (Å²) in [6.07, 6.45) is 1.96. The summed E-state index contributed by atoms with van der Waals surface area (Å²) in [5.41, 5.74) is 2.78. The van der Waals surface area contributed by atoms with Crippen LogP contribution in [0.2, 0.25) is 0 Å². The number of carbonyl (C=O) groups excluding carboxylic acids is 1. The van der Waals surface area contributed by atoms with Crippen LogP contribution in [0.1, 0.15) is 31.0 Å². The van der Waals surface area contributed by atoms with Crippen LogP contribution in [0.5, 0.6) is 5.75 Å². The van der Waals surface area contributed by atoms with Crippen LogP contribution in [0.15, 0.2) is 107 Å². The van der Waals surface area contributed by atoms with Gasteiger partial charge in [0, 0.05) is 5.56 Å². The van der Waals surface area contributed by atoms with E-state index in [4.69, 9.17) is 9.73 Å². The second-order valence-corrected chi connectivity index (χ2v) is 9.24. The summed E-state index contributed by atoms with van der Waals surface area (Å²) in [5, 5.41) is 2.82. The van der Waals surface area contributed by atoms with Crippen molar-refractivity contribution in [2.24, 2.45) is 4.99 Å². The van der Waals surface area contributed by atoms with Crippen LogP contribution in [0, 0.1) is 0 Å². The summed E-state index contributed by atoms with van der Waals surface area (Å²) in [5.74, 6) is 0.708. The molecule has 4 nitrogen and oxygen atoms in total. The number of thioether (sulfide) groups is 1. The quantitative estimate of drug-likeness (QED) is 0.268. The SMILES string of the molecule is CCOc1ccc2ccccc2c1/C=C1/SC(=Nc2ccccc2)N([C@@H](C)c2ccccc2)C1=O. The number of amidine groups is 1. The highest BCUT2D eigenvalue weighted by molar-refractivity contribution is 8.18. The van der Waals surface area contributed by atoms with E-state index in [0.717, 1.165) is 33.3 Å². The number of benzene rings is 4. The van der Waals surface area contributed by atoms with E-state index in [2.05, 4.69) is 18.2 Å². The Hall–Kier alpha value is -3.83. The predicted octanol–water partition coefficient (Wildman–Crippen LogP) is 7.60. The summed E-state index contributed by atoms with van der Waals surface area (Å²) in [4.78, 5) is 21.1. The van der Waals surface area contributed by atoms with Gasteiger partial charge in [0.1, 0.15) is 5.75 Å². The fourth-order valence-electron chi connectivity index (χ4n) is 4.24. The van der Waals surface area contributed by atoms with Gasteiger partial charge in [0.25, 0.3) is 5.91 Å². The van der Waals surface area contributed by atoms with Gasteiger partial charge >= 0.3 is 0 Å². The number of hydrogen-bond acceptors (Lipinski definition) is 4. The number of aliphatic imine (C=N–C) groups is 1. The molecule has 4 aromatic rings. The molecule has 0 saturated carbocycles. The zero-order valence-electron chi connectivity index (χ0n) is 19.7. The van der Waals surface area contributed by atoms with Crippen molar-refractivity contribution < 1.29 is 9.53 Å². The fourth-order valence-corrected chi connectivity index (χ4v) is 5.29. The van der Waals surface area contributed by atoms with Gasteiger partial charge in [0.15, 0.2) is 5.17 Å². The Bertz CT molecular complexity index is 1410. The van der Waals surface area contributed by atoms with E-state index in [0.29, 0.717) is 16.7 Å². The van der Waals surface area contributed by atoms with Crippen molar-refractivity contribution in [3.8, 4) is 5.75 Å². The predicted molar refractivity (Wildman–Crippen MR) is 146 cm³/mol. The molecule has 1 aliphatic rings. The number of carbonyl (C=O) groups is 1. The fraction of sp³-hybridized carbons (Fsp3) is 0.133. The van der Waals surface area contributed by atoms with Crippen molar-refractivity contribution in [2.75, 3.05) is 6.61 Å². The van der Waals surface area contributed by atoms with Crippen LogP contribution in [-0.2, 0) is 4.79 Å². The van der Waals surface area contributed by atoms with Gasteiger partial charge in [-0.15, -0.1) is 0 Å². The Morgan fingerprint density at radius 1 is 0.914 bits per heavy atom. The van der Waals surface area contributed by atoms with E-state index in [1.165, 1.54) is 11.8 Å². The lowest BCUT2D eigenvalue weighted by Crippen LogP contribution is -2.32. The summed E-state index contributed by atoms with van der Waals surface area (Å²) < 4.78 is 5.95. The average molecular weight is 479 g/mol. The molecule has 5 heteroatoms. The monoisotopic (exact) mass is 478 g/mol. The first-order chi connectivity index (χ1) is 17.2. The Morgan fingerprint density at radius 3 is 2.34 bits per heavy atom. The van der Waals surface area contributed by atoms with Crippen molar-refractivity contribution in [1.29, 1.82) is 0 Å². The van der Waals surface area contributed by atoms with Crippen molar-refractivity contribution in [1.82, 2.24) is 4.90 Å². The molecule has 35 heavy (non-hydrogen) atoms. The van der Waals surface area contributed by atoms with E-state index >= 15 is 0 Å². The van der Waals surface area contributed by atoms with Crippen LogP contribution < -0.4 is 4.74 Å². The van der Waals surface area contributed by atoms with Crippen LogP contribution in [0.3, 0.4) is 0 Å². The molecule has 1 atom stereocenters. The van der Waals surface area contributed by atoms with Gasteiger partial charge in [0.05, 0.1) is 23.2 Å². The highest BCUT2D eigenvalue weighted by Crippen LogP contribution is 2.41. The third-order valence-electron chi connectivity index (χ3n) is 5.99. The Balaban J connectivity index is 1.63. The number of para-hydroxylation sites is 1. The molecule has 4 aromatic carbocycles. The molecular formula is C30H26N2O2S. The largest absolute Gasteiger partial charge is 0.493 e. The van der Waals surface area contributed by atoms with Crippen LogP contribution in [0.4, 0.5) is 5.69 Å². The molecular weight excluding hydrogens is 452 g/mol. The molecule has 0 unspecified atom stereocenters. The minimum atomic E-state index is -0.163. The van der Waals surface area contributed by atoms with E-state index < -0.39 is 0 Å². The van der Waals surface area contributed by atoms with Crippen molar-refractivity contribution >= 4 is 45.4 Å². The highest BCUT2D eigenvalue weighted by atomic mass is 32.2. The topological polar surface area (TPSA) is 41.9 Å². The van der Waals surface area contributed by atoms with E-state index in [1.54, 1.807) is 4.90 Å². The maximum atomic E-state index is 13.8. The maximum Gasteiger partial charge on any atom is 0.267 e. The lowest BCUT2D eigenvalue weighted by molar-refractivity contribution is -0.123. The molecule has 0 bridgehead atoms. The Morgan fingerprint density at radius 2 is 1.60 bits per heavy atom. The molecule has 1 heterocycles. The van der Waals surface area contributed by atoms with E-state index in [1.807, 2.05) is 98.8 Å². The van der Waals surface area contributed by atoms with Gasteiger partial charge in [-0.25, -0.2) is 4.99 Å². The number of ether oxygens (including phenoxy) is 1. The van der Waals surface area contributed by atoms with Crippen molar-refractivity contribution in [2.45, 2.75) is 19.9 Å². The lowest BCUT2D eigenvalue weighted by Gasteiger charge is -2.24. The minimum Gasteiger partial charge on any atom is -0.493 e. The summed E-state index contributed by atoms with van der Waals surface area (Å²) in [6.45, 7) is 4.56. The molecule has 1 aliphatic heterocycles. The van der Waals surface area contributed by atoms with Crippen molar-refractivity contribution in [3.05, 3.63) is 113 Å². The molecule has 0 aliphatic carbocycles. The van der Waals surface area contributed by atoms with Crippen LogP contribution in [0.25, 0.3) is 16.8 Å². The van der Waals surface area contributed by atoms with Gasteiger partial charge in [-0.05, 0) is 66.2 Å². The molecule has 0 aromatic heterocycles. The average Bonchev–Trinajstić information content (AvgIpc) is 3.20. The van der Waals surface area contributed by atoms with Gasteiger partial charge in [-0.2, -0.15) is 0 Å². The minimum absolute atomic E-state index is 0.0589. The van der Waals surface area contributed by atoms with Crippen LogP contribution >= 0.6 is 11.8 Å². The molecule has 0 spiro atoms. The standard InChI is InChI=1S/C30H26N2O2S/c1-3-34-27-19-18-23-14-10-11-17-25(23)26(27)20-28-29(33)32(21(2)22-12-6-4-7-13-22)30(35-28)31-24-15-8-5-9-16-24/h4-21H,3H2,1-2H3/b28-20+,31-30?/t21-/m0/s1. The Kier molecular flexibility index (Phi) is 6.68. The third-order valence-corrected chi connectivity index (χ3v) is 6.98.